The number of hydrogen-bond acceptors (Lipinski definition) is 8. The summed E-state index contributed by atoms with van der Waals surface area (Å²) in [5, 5.41) is 0. The zero-order valence-corrected chi connectivity index (χ0v) is 33.9. The second-order valence-corrected chi connectivity index (χ2v) is 3.27. The molecule has 59 heavy (non-hydrogen) atoms. The molecule has 8 nitrogen and oxygen atoms in total. The number of methoxy groups -OCH3 is 8. The van der Waals surface area contributed by atoms with Crippen LogP contribution >= 0.6 is 0 Å². The fourth-order valence-corrected chi connectivity index (χ4v) is 0. The van der Waals surface area contributed by atoms with Crippen LogP contribution < -0.4 is 0 Å². The third-order valence-electron chi connectivity index (χ3n) is 0. The Balaban J connectivity index is -0.00000000148. The summed E-state index contributed by atoms with van der Waals surface area (Å²) in [5.74, 6) is 0. The molecule has 0 rings (SSSR count). The third-order valence-corrected chi connectivity index (χ3v) is 0. The fourth-order valence-electron chi connectivity index (χ4n) is 0. The maximum absolute atomic E-state index is 4.25. The molecule has 0 fully saturated rings. The van der Waals surface area contributed by atoms with Crippen LogP contribution in [0, 0.1) is 377 Å². The maximum Gasteiger partial charge on any atom is 0.0351 e. The maximum atomic E-state index is 4.25. The molecule has 436 valence electrons. The molecule has 0 saturated heterocycles. The molecule has 0 unspecified atom stereocenters. The predicted octanol–water partition coefficient (Wildman–Crippen LogP) is 17.5. The zero-order valence-electron chi connectivity index (χ0n) is 26.8. The summed E-state index contributed by atoms with van der Waals surface area (Å²) in [6, 6.07) is 0. The molecule has 0 heterocycles. The molecule has 0 saturated carbocycles. The van der Waals surface area contributed by atoms with Crippen LogP contribution in [0.25, 0.3) is 0 Å². The van der Waals surface area contributed by atoms with E-state index in [0.717, 1.165) is 0 Å². The van der Waals surface area contributed by atoms with Gasteiger partial charge in [0.2, 0.25) is 0 Å². The van der Waals surface area contributed by atoms with Crippen molar-refractivity contribution in [2.45, 2.75) is 184 Å². The van der Waals surface area contributed by atoms with Gasteiger partial charge in [-0.15, -0.1) is 0 Å². The van der Waals surface area contributed by atoms with E-state index in [1.165, 1.54) is 0 Å². The number of hydrogen-bond donors (Lipinski definition) is 0. The van der Waals surface area contributed by atoms with E-state index in [2.05, 4.69) is 37.9 Å². The first-order chi connectivity index (χ1) is 13.3. The van der Waals surface area contributed by atoms with Crippen LogP contribution in [0.4, 0.5) is 0 Å². The molecule has 0 radical (unpaired) electrons. The summed E-state index contributed by atoms with van der Waals surface area (Å²) in [4.78, 5) is 0. The van der Waals surface area contributed by atoms with Crippen LogP contribution in [0.2, 0.25) is 0 Å². The van der Waals surface area contributed by atoms with Gasteiger partial charge in [0.05, 0.1) is 0 Å². The normalized spacial score (nSPS) is 2.64. The second-order valence-electron chi connectivity index (χ2n) is 3.27. The third kappa shape index (κ3) is 2170. The monoisotopic (exact) mass is 1160 g/mol. The second kappa shape index (κ2) is 820. The molecular formula is C41H144Ar10O8. The molecule has 0 aromatic carbocycles. The van der Waals surface area contributed by atoms with E-state index in [9.17, 15) is 0 Å². The summed E-state index contributed by atoms with van der Waals surface area (Å²) in [5.41, 5.74) is 0. The Morgan fingerprint density at radius 3 is 0.119 bits per heavy atom. The SMILES string of the molecule is C.C.C.C.C.C.C.C.C.C.C.C.C.C.C.C.C.C.C.C.C.CC.CC.COC.COC.COC.COC.COC.COC.COC.COC.[Ar].[Ar].[Ar].[Ar].[Ar].[Ar].[Ar].[Ar].[Ar].[Ar]. The van der Waals surface area contributed by atoms with Crippen LogP contribution in [0.5, 0.6) is 0 Å². The Bertz CT molecular complexity index is 94.2. The van der Waals surface area contributed by atoms with Crippen molar-refractivity contribution in [1.29, 1.82) is 0 Å². The number of rotatable bonds is 0. The smallest absolute Gasteiger partial charge is 0.0351 e. The summed E-state index contributed by atoms with van der Waals surface area (Å²) >= 11 is 0. The average Bonchev–Trinajstić information content (AvgIpc) is 2.63. The molecule has 0 N–H and O–H groups in total. The Morgan fingerprint density at radius 1 is 0.119 bits per heavy atom. The van der Waals surface area contributed by atoms with Crippen molar-refractivity contribution in [3.05, 3.63) is 0 Å². The van der Waals surface area contributed by atoms with E-state index < -0.39 is 0 Å². The molecule has 0 aliphatic heterocycles. The average molecular weight is 1170 g/mol. The summed E-state index contributed by atoms with van der Waals surface area (Å²) in [6.45, 7) is 8.00. The van der Waals surface area contributed by atoms with Gasteiger partial charge in [0.15, 0.2) is 0 Å². The van der Waals surface area contributed by atoms with Crippen LogP contribution in [0.1, 0.15) is 184 Å². The van der Waals surface area contributed by atoms with Gasteiger partial charge in [0.25, 0.3) is 0 Å². The fraction of sp³-hybridized carbons (Fsp3) is 1.00. The minimum atomic E-state index is 0. The van der Waals surface area contributed by atoms with E-state index in [4.69, 9.17) is 0 Å². The van der Waals surface area contributed by atoms with Gasteiger partial charge >= 0.3 is 0 Å². The van der Waals surface area contributed by atoms with Crippen molar-refractivity contribution in [2.75, 3.05) is 114 Å². The predicted molar refractivity (Wildman–Crippen MR) is 268 cm³/mol. The molecule has 18 heteroatoms. The largest absolute Gasteiger partial charge is 0.388 e. The summed E-state index contributed by atoms with van der Waals surface area (Å²) in [7, 11) is 26.0. The van der Waals surface area contributed by atoms with Crippen molar-refractivity contribution < 1.29 is 415 Å². The van der Waals surface area contributed by atoms with Gasteiger partial charge < -0.3 is 37.9 Å². The van der Waals surface area contributed by atoms with Gasteiger partial charge in [0.1, 0.15) is 0 Å². The van der Waals surface area contributed by atoms with Gasteiger partial charge in [-0.3, -0.25) is 0 Å². The minimum Gasteiger partial charge on any atom is -0.388 e. The van der Waals surface area contributed by atoms with Gasteiger partial charge in [-0.25, -0.2) is 0 Å². The molecule has 0 amide bonds. The molecule has 0 aromatic rings. The van der Waals surface area contributed by atoms with Crippen molar-refractivity contribution in [1.82, 2.24) is 0 Å². The summed E-state index contributed by atoms with van der Waals surface area (Å²) in [6.07, 6.45) is 0. The van der Waals surface area contributed by atoms with Gasteiger partial charge in [-0.05, 0) is 0 Å². The van der Waals surface area contributed by atoms with Gasteiger partial charge in [0, 0.05) is 491 Å². The Hall–Kier alpha value is 12.3. The molecular weight excluding hydrogens is 1020 g/mol. The Kier molecular flexibility index (Phi) is 5340. The molecule has 0 bridgehead atoms. The first-order valence-corrected chi connectivity index (χ1v) is 8.53. The molecule has 0 aromatic heterocycles. The molecule has 0 aliphatic carbocycles. The van der Waals surface area contributed by atoms with E-state index in [-0.39, 0.29) is 533 Å². The standard InChI is InChI=1S/8C2H6O.2C2H6.21CH4.10Ar/c8*1-3-2;2*1-2;;;;;;;;;;;;;;;;;;;;;;;;;;;;;;;/h8*1-2H3;2*1-2H3;21*1H4;;;;;;;;;;. The van der Waals surface area contributed by atoms with Crippen molar-refractivity contribution in [2.24, 2.45) is 0 Å². The first-order valence-electron chi connectivity index (χ1n) is 8.53. The molecule has 0 aliphatic rings. The van der Waals surface area contributed by atoms with Crippen molar-refractivity contribution >= 4 is 0 Å². The Labute approximate surface area is 696 Å². The van der Waals surface area contributed by atoms with Gasteiger partial charge in [-0.2, -0.15) is 0 Å². The molecule has 0 atom stereocenters. The van der Waals surface area contributed by atoms with E-state index in [1.807, 2.05) is 27.7 Å². The first kappa shape index (κ1) is 384. The van der Waals surface area contributed by atoms with Crippen LogP contribution in [0.15, 0.2) is 0 Å². The van der Waals surface area contributed by atoms with Crippen molar-refractivity contribution in [3.63, 3.8) is 0 Å². The minimum absolute atomic E-state index is 0. The van der Waals surface area contributed by atoms with Crippen LogP contribution in [-0.2, 0) is 37.9 Å². The zero-order chi connectivity index (χ0) is 25.7. The van der Waals surface area contributed by atoms with Crippen molar-refractivity contribution in [3.8, 4) is 0 Å². The van der Waals surface area contributed by atoms with E-state index in [0.29, 0.717) is 0 Å². The Morgan fingerprint density at radius 2 is 0.119 bits per heavy atom. The summed E-state index contributed by atoms with van der Waals surface area (Å²) < 4.78 is 34.0. The number of ether oxygens (including phenoxy) is 8. The van der Waals surface area contributed by atoms with E-state index in [1.54, 1.807) is 114 Å². The van der Waals surface area contributed by atoms with Crippen LogP contribution in [-0.4, -0.2) is 114 Å². The quantitative estimate of drug-likeness (QED) is 0.238. The van der Waals surface area contributed by atoms with Gasteiger partial charge in [-0.1, -0.05) is 184 Å². The molecule has 0 spiro atoms. The topological polar surface area (TPSA) is 73.8 Å². The van der Waals surface area contributed by atoms with E-state index >= 15 is 0 Å². The van der Waals surface area contributed by atoms with Crippen LogP contribution in [0.3, 0.4) is 0 Å².